The zero-order valence-corrected chi connectivity index (χ0v) is 21.3. The second kappa shape index (κ2) is 12.8. The predicted octanol–water partition coefficient (Wildman–Crippen LogP) is 2.84. The fraction of sp³-hybridized carbons (Fsp3) is 0.207. The van der Waals surface area contributed by atoms with Gasteiger partial charge in [-0.3, -0.25) is 9.59 Å². The van der Waals surface area contributed by atoms with Crippen molar-refractivity contribution >= 4 is 28.2 Å². The fourth-order valence-corrected chi connectivity index (χ4v) is 3.88. The third-order valence-corrected chi connectivity index (χ3v) is 5.75. The minimum absolute atomic E-state index is 0. The van der Waals surface area contributed by atoms with Gasteiger partial charge in [-0.05, 0) is 67.6 Å². The number of pyridine rings is 1. The third-order valence-electron chi connectivity index (χ3n) is 5.75. The number of hydrogen-bond acceptors (Lipinski definition) is 3. The monoisotopic (exact) mass is 532 g/mol. The second-order valence-corrected chi connectivity index (χ2v) is 8.30. The van der Waals surface area contributed by atoms with Gasteiger partial charge >= 0.3 is 0 Å². The van der Waals surface area contributed by atoms with Crippen LogP contribution in [0.25, 0.3) is 10.8 Å². The largest absolute Gasteiger partial charge is 1.00 e. The van der Waals surface area contributed by atoms with Gasteiger partial charge in [0.15, 0.2) is 18.2 Å². The number of carbonyl (C=O) groups is 2. The van der Waals surface area contributed by atoms with Crippen LogP contribution in [-0.2, 0) is 6.54 Å². The molecule has 4 rings (SSSR count). The van der Waals surface area contributed by atoms with Gasteiger partial charge in [-0.1, -0.05) is 30.3 Å². The van der Waals surface area contributed by atoms with E-state index in [9.17, 15) is 9.59 Å². The molecule has 0 atom stereocenters. The number of anilines is 1. The number of hydrogen-bond donors (Lipinski definition) is 1. The second-order valence-electron chi connectivity index (χ2n) is 8.30. The number of fused-ring (bicyclic) bond motifs is 1. The highest BCUT2D eigenvalue weighted by atomic mass is 79.9. The molecule has 0 saturated heterocycles. The van der Waals surface area contributed by atoms with Gasteiger partial charge in [-0.15, -0.1) is 0 Å². The number of carbonyl (C=O) groups excluding carboxylic acids is 2. The van der Waals surface area contributed by atoms with Gasteiger partial charge in [0.2, 0.25) is 0 Å². The number of aromatic nitrogens is 1. The number of aryl methyl sites for hydroxylation is 1. The van der Waals surface area contributed by atoms with E-state index in [0.717, 1.165) is 31.6 Å². The fourth-order valence-electron chi connectivity index (χ4n) is 3.88. The molecular weight excluding hydrogens is 504 g/mol. The van der Waals surface area contributed by atoms with Gasteiger partial charge in [0, 0.05) is 29.0 Å². The lowest BCUT2D eigenvalue weighted by Crippen LogP contribution is -3.00. The average molecular weight is 533 g/mol. The van der Waals surface area contributed by atoms with Crippen molar-refractivity contribution in [3.05, 3.63) is 102 Å². The lowest BCUT2D eigenvalue weighted by molar-refractivity contribution is -0.696. The van der Waals surface area contributed by atoms with Crippen LogP contribution in [0.5, 0.6) is 5.75 Å². The number of Topliss-reactive ketones (excluding diaryl/α,β-unsaturated/α-hetero) is 1. The minimum Gasteiger partial charge on any atom is -1.00 e. The molecule has 0 fully saturated rings. The summed E-state index contributed by atoms with van der Waals surface area (Å²) in [6.45, 7) is 3.11. The Kier molecular flexibility index (Phi) is 9.56. The number of nitrogens with zero attached hydrogens (tertiary/aromatic N) is 1. The Bertz CT molecular complexity index is 1290. The van der Waals surface area contributed by atoms with E-state index in [-0.39, 0.29) is 28.7 Å². The van der Waals surface area contributed by atoms with Crippen molar-refractivity contribution in [2.45, 2.75) is 32.7 Å². The van der Waals surface area contributed by atoms with Gasteiger partial charge in [0.25, 0.3) is 5.91 Å². The van der Waals surface area contributed by atoms with Crippen molar-refractivity contribution in [2.75, 3.05) is 11.9 Å². The number of ketones is 1. The summed E-state index contributed by atoms with van der Waals surface area (Å²) in [6.07, 6.45) is 7.47. The van der Waals surface area contributed by atoms with E-state index >= 15 is 0 Å². The van der Waals surface area contributed by atoms with E-state index < -0.39 is 0 Å². The van der Waals surface area contributed by atoms with E-state index in [4.69, 9.17) is 4.74 Å². The summed E-state index contributed by atoms with van der Waals surface area (Å²) < 4.78 is 8.07. The highest BCUT2D eigenvalue weighted by Gasteiger charge is 2.11. The number of ether oxygens (including phenoxy) is 1. The molecule has 0 saturated carbocycles. The summed E-state index contributed by atoms with van der Waals surface area (Å²) in [5.74, 6) is 0.395. The SMILES string of the molecule is CC(=O)c1ccccc1NC(=O)c1ccc(OCCCCC[n+]2ccc3ccccc3c2)cc1.[Br-]. The Morgan fingerprint density at radius 1 is 0.829 bits per heavy atom. The van der Waals surface area contributed by atoms with Crippen molar-refractivity contribution in [3.63, 3.8) is 0 Å². The molecule has 0 aliphatic rings. The molecule has 1 aromatic heterocycles. The quantitative estimate of drug-likeness (QED) is 0.194. The summed E-state index contributed by atoms with van der Waals surface area (Å²) >= 11 is 0. The first-order valence-electron chi connectivity index (χ1n) is 11.6. The molecule has 0 spiro atoms. The first-order valence-corrected chi connectivity index (χ1v) is 11.6. The van der Waals surface area contributed by atoms with Gasteiger partial charge in [-0.2, -0.15) is 0 Å². The summed E-state index contributed by atoms with van der Waals surface area (Å²) in [6, 6.07) is 24.6. The van der Waals surface area contributed by atoms with Gasteiger partial charge in [0.05, 0.1) is 12.3 Å². The van der Waals surface area contributed by atoms with Gasteiger partial charge in [-0.25, -0.2) is 4.57 Å². The standard InChI is InChI=1S/C29H28N2O3.BrH/c1-22(32)27-11-5-6-12-28(27)30-29(33)24-13-15-26(16-14-24)34-20-8-2-7-18-31-19-17-23-9-3-4-10-25(23)21-31;/h3-6,9-17,19,21H,2,7-8,18,20H2,1H3;1H. The Morgan fingerprint density at radius 3 is 2.31 bits per heavy atom. The highest BCUT2D eigenvalue weighted by Crippen LogP contribution is 2.18. The van der Waals surface area contributed by atoms with Gasteiger partial charge in [0.1, 0.15) is 12.3 Å². The number of amides is 1. The van der Waals surface area contributed by atoms with Crippen molar-refractivity contribution in [1.29, 1.82) is 0 Å². The lowest BCUT2D eigenvalue weighted by Gasteiger charge is -2.10. The van der Waals surface area contributed by atoms with E-state index in [1.807, 2.05) is 0 Å². The molecule has 0 aliphatic heterocycles. The normalized spacial score (nSPS) is 10.4. The molecule has 35 heavy (non-hydrogen) atoms. The summed E-state index contributed by atoms with van der Waals surface area (Å²) in [5.41, 5.74) is 1.52. The van der Waals surface area contributed by atoms with Crippen LogP contribution in [-0.4, -0.2) is 18.3 Å². The zero-order valence-electron chi connectivity index (χ0n) is 19.7. The number of rotatable bonds is 10. The molecule has 0 aliphatic carbocycles. The van der Waals surface area contributed by atoms with E-state index in [2.05, 4.69) is 52.6 Å². The molecule has 0 unspecified atom stereocenters. The van der Waals surface area contributed by atoms with Crippen LogP contribution in [0.3, 0.4) is 0 Å². The molecule has 3 aromatic carbocycles. The molecule has 0 radical (unpaired) electrons. The maximum absolute atomic E-state index is 12.6. The maximum Gasteiger partial charge on any atom is 0.255 e. The number of para-hydroxylation sites is 1. The third kappa shape index (κ3) is 7.23. The van der Waals surface area contributed by atoms with Crippen molar-refractivity contribution in [3.8, 4) is 5.75 Å². The number of unbranched alkanes of at least 4 members (excludes halogenated alkanes) is 2. The number of nitrogens with one attached hydrogen (secondary N) is 1. The molecule has 6 heteroatoms. The van der Waals surface area contributed by atoms with Crippen LogP contribution in [0.4, 0.5) is 5.69 Å². The lowest BCUT2D eigenvalue weighted by atomic mass is 10.1. The van der Waals surface area contributed by atoms with Crippen molar-refractivity contribution in [1.82, 2.24) is 0 Å². The Morgan fingerprint density at radius 2 is 1.54 bits per heavy atom. The Hall–Kier alpha value is -3.51. The molecule has 1 N–H and O–H groups in total. The Balaban J connectivity index is 0.00000342. The minimum atomic E-state index is -0.258. The number of benzene rings is 3. The maximum atomic E-state index is 12.6. The van der Waals surface area contributed by atoms with E-state index in [1.54, 1.807) is 48.5 Å². The van der Waals surface area contributed by atoms with E-state index in [0.29, 0.717) is 23.4 Å². The number of halogens is 1. The van der Waals surface area contributed by atoms with Crippen LogP contribution in [0.1, 0.15) is 46.9 Å². The average Bonchev–Trinajstić information content (AvgIpc) is 2.86. The van der Waals surface area contributed by atoms with Crippen molar-refractivity contribution < 1.29 is 35.9 Å². The van der Waals surface area contributed by atoms with Crippen LogP contribution >= 0.6 is 0 Å². The zero-order chi connectivity index (χ0) is 23.8. The first-order chi connectivity index (χ1) is 16.6. The molecule has 1 amide bonds. The van der Waals surface area contributed by atoms with E-state index in [1.165, 1.54) is 17.7 Å². The molecule has 1 heterocycles. The molecular formula is C29H29BrN2O3. The summed E-state index contributed by atoms with van der Waals surface area (Å²) in [7, 11) is 0. The van der Waals surface area contributed by atoms with Crippen LogP contribution in [0.2, 0.25) is 0 Å². The first kappa shape index (κ1) is 26.1. The van der Waals surface area contributed by atoms with Crippen LogP contribution in [0, 0.1) is 0 Å². The van der Waals surface area contributed by atoms with Crippen molar-refractivity contribution in [2.24, 2.45) is 0 Å². The predicted molar refractivity (Wildman–Crippen MR) is 134 cm³/mol. The molecule has 0 bridgehead atoms. The molecule has 5 nitrogen and oxygen atoms in total. The highest BCUT2D eigenvalue weighted by molar-refractivity contribution is 6.09. The smallest absolute Gasteiger partial charge is 0.255 e. The summed E-state index contributed by atoms with van der Waals surface area (Å²) in [4.78, 5) is 24.3. The van der Waals surface area contributed by atoms with Gasteiger partial charge < -0.3 is 27.0 Å². The van der Waals surface area contributed by atoms with Crippen LogP contribution < -0.4 is 31.6 Å². The molecule has 4 aromatic rings. The topological polar surface area (TPSA) is 59.3 Å². The molecule has 180 valence electrons. The summed E-state index contributed by atoms with van der Waals surface area (Å²) in [5, 5.41) is 5.33. The van der Waals surface area contributed by atoms with Crippen LogP contribution in [0.15, 0.2) is 91.3 Å². The Labute approximate surface area is 216 Å².